The number of methoxy groups -OCH3 is 1. The Hall–Kier alpha value is -2.65. The van der Waals surface area contributed by atoms with E-state index in [0.29, 0.717) is 16.6 Å². The maximum Gasteiger partial charge on any atom is 0.340 e. The van der Waals surface area contributed by atoms with Crippen LogP contribution in [0.5, 0.6) is 0 Å². The molecule has 0 aliphatic rings. The molecule has 0 unspecified atom stereocenters. The van der Waals surface area contributed by atoms with Crippen LogP contribution in [-0.4, -0.2) is 44.8 Å². The molecule has 0 spiro atoms. The number of hydrogen-bond donors (Lipinski definition) is 0. The Bertz CT molecular complexity index is 1220. The number of sulfonamides is 1. The molecule has 0 fully saturated rings. The number of para-hydroxylation sites is 1. The Morgan fingerprint density at radius 1 is 1.17 bits per heavy atom. The maximum atomic E-state index is 13.1. The minimum atomic E-state index is -3.73. The van der Waals surface area contributed by atoms with Crippen LogP contribution in [0.3, 0.4) is 0 Å². The number of anilines is 1. The number of carbonyl (C=O) groups excluding carboxylic acids is 2. The molecule has 9 heteroatoms. The SMILES string of the molecule is COC(=O)c1cn(C(=O)CN(c2ccc(Br)c(C)c2)S(C)(=O)=O)c2ccccc12. The zero-order valence-electron chi connectivity index (χ0n) is 16.0. The van der Waals surface area contributed by atoms with E-state index >= 15 is 0 Å². The summed E-state index contributed by atoms with van der Waals surface area (Å²) < 4.78 is 32.7. The zero-order valence-corrected chi connectivity index (χ0v) is 18.5. The van der Waals surface area contributed by atoms with Crippen molar-refractivity contribution in [2.24, 2.45) is 0 Å². The zero-order chi connectivity index (χ0) is 21.3. The molecule has 0 aliphatic carbocycles. The van der Waals surface area contributed by atoms with Crippen LogP contribution in [0.2, 0.25) is 0 Å². The Morgan fingerprint density at radius 2 is 1.86 bits per heavy atom. The van der Waals surface area contributed by atoms with Gasteiger partial charge in [-0.05, 0) is 36.8 Å². The number of fused-ring (bicyclic) bond motifs is 1. The van der Waals surface area contributed by atoms with Crippen LogP contribution >= 0.6 is 15.9 Å². The van der Waals surface area contributed by atoms with Gasteiger partial charge in [0.2, 0.25) is 10.0 Å². The number of nitrogens with zero attached hydrogens (tertiary/aromatic N) is 2. The quantitative estimate of drug-likeness (QED) is 0.522. The summed E-state index contributed by atoms with van der Waals surface area (Å²) in [6.07, 6.45) is 2.43. The second kappa shape index (κ2) is 8.00. The van der Waals surface area contributed by atoms with E-state index < -0.39 is 28.4 Å². The first-order valence-corrected chi connectivity index (χ1v) is 11.2. The summed E-state index contributed by atoms with van der Waals surface area (Å²) in [5, 5.41) is 0.554. The fourth-order valence-electron chi connectivity index (χ4n) is 3.04. The molecule has 0 saturated heterocycles. The molecule has 7 nitrogen and oxygen atoms in total. The van der Waals surface area contributed by atoms with E-state index in [4.69, 9.17) is 4.74 Å². The van der Waals surface area contributed by atoms with Crippen LogP contribution in [0.25, 0.3) is 10.9 Å². The lowest BCUT2D eigenvalue weighted by Crippen LogP contribution is -2.36. The highest BCUT2D eigenvalue weighted by Crippen LogP contribution is 2.26. The number of esters is 1. The fraction of sp³-hybridized carbons (Fsp3) is 0.200. The summed E-state index contributed by atoms with van der Waals surface area (Å²) >= 11 is 3.38. The first-order chi connectivity index (χ1) is 13.6. The third-order valence-corrected chi connectivity index (χ3v) is 6.52. The average Bonchev–Trinajstić information content (AvgIpc) is 3.06. The van der Waals surface area contributed by atoms with Gasteiger partial charge in [-0.3, -0.25) is 13.7 Å². The normalized spacial score (nSPS) is 11.4. The van der Waals surface area contributed by atoms with Crippen LogP contribution in [0, 0.1) is 6.92 Å². The summed E-state index contributed by atoms with van der Waals surface area (Å²) in [5.41, 5.74) is 1.95. The molecule has 2 aromatic carbocycles. The number of ether oxygens (including phenoxy) is 1. The van der Waals surface area contributed by atoms with Crippen molar-refractivity contribution in [3.8, 4) is 0 Å². The Kier molecular flexibility index (Phi) is 5.81. The van der Waals surface area contributed by atoms with Crippen LogP contribution in [-0.2, 0) is 14.8 Å². The van der Waals surface area contributed by atoms with E-state index in [-0.39, 0.29) is 5.56 Å². The lowest BCUT2D eigenvalue weighted by atomic mass is 10.2. The maximum absolute atomic E-state index is 13.1. The molecule has 0 saturated carbocycles. The van der Waals surface area contributed by atoms with Gasteiger partial charge in [0.1, 0.15) is 6.54 Å². The summed E-state index contributed by atoms with van der Waals surface area (Å²) in [7, 11) is -2.46. The number of aryl methyl sites for hydroxylation is 1. The van der Waals surface area contributed by atoms with E-state index in [2.05, 4.69) is 15.9 Å². The van der Waals surface area contributed by atoms with Gasteiger partial charge >= 0.3 is 5.97 Å². The third kappa shape index (κ3) is 4.20. The number of aromatic nitrogens is 1. The number of hydrogen-bond acceptors (Lipinski definition) is 5. The predicted octanol–water partition coefficient (Wildman–Crippen LogP) is 3.61. The van der Waals surface area contributed by atoms with Crippen molar-refractivity contribution >= 4 is 54.4 Å². The molecule has 0 atom stereocenters. The molecule has 0 radical (unpaired) electrons. The number of benzene rings is 2. The smallest absolute Gasteiger partial charge is 0.340 e. The van der Waals surface area contributed by atoms with E-state index in [1.807, 2.05) is 6.92 Å². The van der Waals surface area contributed by atoms with Gasteiger partial charge in [-0.25, -0.2) is 13.2 Å². The summed E-state index contributed by atoms with van der Waals surface area (Å²) in [4.78, 5) is 25.1. The van der Waals surface area contributed by atoms with Crippen LogP contribution in [0.1, 0.15) is 20.7 Å². The Labute approximate surface area is 177 Å². The van der Waals surface area contributed by atoms with Gasteiger partial charge in [0.15, 0.2) is 0 Å². The molecule has 1 aromatic heterocycles. The van der Waals surface area contributed by atoms with Crippen molar-refractivity contribution in [1.82, 2.24) is 4.57 Å². The molecule has 0 amide bonds. The van der Waals surface area contributed by atoms with Crippen molar-refractivity contribution in [3.63, 3.8) is 0 Å². The second-order valence-electron chi connectivity index (χ2n) is 6.52. The molecule has 29 heavy (non-hydrogen) atoms. The van der Waals surface area contributed by atoms with Crippen molar-refractivity contribution < 1.29 is 22.7 Å². The Balaban J connectivity index is 2.05. The molecular formula is C20H19BrN2O5S. The topological polar surface area (TPSA) is 85.7 Å². The highest BCUT2D eigenvalue weighted by molar-refractivity contribution is 9.10. The van der Waals surface area contributed by atoms with Gasteiger partial charge in [-0.1, -0.05) is 34.1 Å². The average molecular weight is 479 g/mol. The van der Waals surface area contributed by atoms with Gasteiger partial charge in [0.05, 0.1) is 30.1 Å². The monoisotopic (exact) mass is 478 g/mol. The van der Waals surface area contributed by atoms with E-state index in [1.165, 1.54) is 17.9 Å². The lowest BCUT2D eigenvalue weighted by Gasteiger charge is -2.22. The van der Waals surface area contributed by atoms with E-state index in [1.54, 1.807) is 42.5 Å². The molecular weight excluding hydrogens is 460 g/mol. The van der Waals surface area contributed by atoms with Gasteiger partial charge in [-0.2, -0.15) is 0 Å². The molecule has 152 valence electrons. The lowest BCUT2D eigenvalue weighted by molar-refractivity contribution is 0.0603. The highest BCUT2D eigenvalue weighted by atomic mass is 79.9. The van der Waals surface area contributed by atoms with Crippen LogP contribution in [0.4, 0.5) is 5.69 Å². The molecule has 0 bridgehead atoms. The first kappa shape index (κ1) is 21.1. The molecule has 3 rings (SSSR count). The predicted molar refractivity (Wildman–Crippen MR) is 115 cm³/mol. The standard InChI is InChI=1S/C20H19BrN2O5S/c1-13-10-14(8-9-17(13)21)23(29(3,26)27)12-19(24)22-11-16(20(25)28-2)15-6-4-5-7-18(15)22/h4-11H,12H2,1-3H3. The van der Waals surface area contributed by atoms with Crippen LogP contribution in [0.15, 0.2) is 53.1 Å². The van der Waals surface area contributed by atoms with E-state index in [9.17, 15) is 18.0 Å². The van der Waals surface area contributed by atoms with Gasteiger partial charge < -0.3 is 4.74 Å². The van der Waals surface area contributed by atoms with Crippen molar-refractivity contribution in [2.45, 2.75) is 6.92 Å². The molecule has 3 aromatic rings. The summed E-state index contributed by atoms with van der Waals surface area (Å²) in [6, 6.07) is 11.9. The number of carbonyl (C=O) groups is 2. The number of rotatable bonds is 5. The third-order valence-electron chi connectivity index (χ3n) is 4.49. The second-order valence-corrected chi connectivity index (χ2v) is 9.28. The number of halogens is 1. The largest absolute Gasteiger partial charge is 0.465 e. The highest BCUT2D eigenvalue weighted by Gasteiger charge is 2.24. The summed E-state index contributed by atoms with van der Waals surface area (Å²) in [6.45, 7) is 1.41. The van der Waals surface area contributed by atoms with Crippen LogP contribution < -0.4 is 4.31 Å². The Morgan fingerprint density at radius 3 is 2.48 bits per heavy atom. The first-order valence-electron chi connectivity index (χ1n) is 8.59. The van der Waals surface area contributed by atoms with Gasteiger partial charge in [0, 0.05) is 16.1 Å². The fourth-order valence-corrected chi connectivity index (χ4v) is 4.13. The molecule has 0 N–H and O–H groups in total. The van der Waals surface area contributed by atoms with E-state index in [0.717, 1.165) is 20.6 Å². The molecule has 0 aliphatic heterocycles. The molecule has 1 heterocycles. The van der Waals surface area contributed by atoms with Gasteiger partial charge in [0.25, 0.3) is 5.91 Å². The summed E-state index contributed by atoms with van der Waals surface area (Å²) in [5.74, 6) is -1.07. The van der Waals surface area contributed by atoms with Gasteiger partial charge in [-0.15, -0.1) is 0 Å². The minimum absolute atomic E-state index is 0.238. The minimum Gasteiger partial charge on any atom is -0.465 e. The van der Waals surface area contributed by atoms with Crippen molar-refractivity contribution in [2.75, 3.05) is 24.2 Å². The van der Waals surface area contributed by atoms with Crippen molar-refractivity contribution in [3.05, 3.63) is 64.3 Å². The van der Waals surface area contributed by atoms with Crippen molar-refractivity contribution in [1.29, 1.82) is 0 Å².